The van der Waals surface area contributed by atoms with E-state index >= 15 is 0 Å². The molecule has 1 aliphatic heterocycles. The molecule has 1 fully saturated rings. The van der Waals surface area contributed by atoms with Crippen molar-refractivity contribution in [2.45, 2.75) is 36.4 Å². The third-order valence-corrected chi connectivity index (χ3v) is 5.56. The van der Waals surface area contributed by atoms with Gasteiger partial charge >= 0.3 is 6.18 Å². The third-order valence-electron chi connectivity index (χ3n) is 3.61. The van der Waals surface area contributed by atoms with Crippen LogP contribution < -0.4 is 5.73 Å². The number of halogens is 3. The Morgan fingerprint density at radius 1 is 1.29 bits per heavy atom. The van der Waals surface area contributed by atoms with Gasteiger partial charge in [0.15, 0.2) is 0 Å². The molecule has 8 heteroatoms. The van der Waals surface area contributed by atoms with E-state index in [1.165, 1.54) is 10.4 Å². The van der Waals surface area contributed by atoms with Crippen LogP contribution in [-0.4, -0.2) is 31.9 Å². The van der Waals surface area contributed by atoms with E-state index in [2.05, 4.69) is 0 Å². The van der Waals surface area contributed by atoms with E-state index < -0.39 is 21.8 Å². The van der Waals surface area contributed by atoms with Crippen LogP contribution in [0.2, 0.25) is 0 Å². The van der Waals surface area contributed by atoms with Crippen LogP contribution >= 0.6 is 0 Å². The fourth-order valence-corrected chi connectivity index (χ4v) is 4.24. The minimum atomic E-state index is -4.57. The average molecular weight is 322 g/mol. The van der Waals surface area contributed by atoms with E-state index in [0.29, 0.717) is 25.5 Å². The molecule has 1 saturated heterocycles. The minimum absolute atomic E-state index is 0.165. The second kappa shape index (κ2) is 5.94. The summed E-state index contributed by atoms with van der Waals surface area (Å²) in [5.41, 5.74) is 4.61. The lowest BCUT2D eigenvalue weighted by molar-refractivity contribution is -0.137. The van der Waals surface area contributed by atoms with E-state index in [4.69, 9.17) is 5.73 Å². The lowest BCUT2D eigenvalue weighted by Crippen LogP contribution is -2.47. The second-order valence-electron chi connectivity index (χ2n) is 5.03. The highest BCUT2D eigenvalue weighted by Gasteiger charge is 2.35. The van der Waals surface area contributed by atoms with Gasteiger partial charge in [-0.15, -0.1) is 0 Å². The van der Waals surface area contributed by atoms with Gasteiger partial charge < -0.3 is 5.73 Å². The van der Waals surface area contributed by atoms with E-state index in [9.17, 15) is 21.6 Å². The van der Waals surface area contributed by atoms with Gasteiger partial charge in [-0.1, -0.05) is 12.5 Å². The van der Waals surface area contributed by atoms with Crippen LogP contribution in [0, 0.1) is 0 Å². The van der Waals surface area contributed by atoms with Crippen molar-refractivity contribution in [3.63, 3.8) is 0 Å². The van der Waals surface area contributed by atoms with Crippen molar-refractivity contribution < 1.29 is 21.6 Å². The molecule has 1 heterocycles. The van der Waals surface area contributed by atoms with Crippen LogP contribution in [0.4, 0.5) is 13.2 Å². The van der Waals surface area contributed by atoms with Crippen LogP contribution in [0.1, 0.15) is 24.8 Å². The molecule has 2 N–H and O–H groups in total. The molecule has 1 aromatic rings. The Balaban J connectivity index is 2.39. The van der Waals surface area contributed by atoms with Crippen molar-refractivity contribution in [1.29, 1.82) is 0 Å². The largest absolute Gasteiger partial charge is 0.416 e. The Hall–Kier alpha value is -1.12. The van der Waals surface area contributed by atoms with Gasteiger partial charge in [0, 0.05) is 19.1 Å². The van der Waals surface area contributed by atoms with Gasteiger partial charge in [0.05, 0.1) is 10.5 Å². The third kappa shape index (κ3) is 3.38. The first-order chi connectivity index (χ1) is 9.76. The molecule has 118 valence electrons. The summed E-state index contributed by atoms with van der Waals surface area (Å²) in [4.78, 5) is -0.335. The summed E-state index contributed by atoms with van der Waals surface area (Å²) in [6.07, 6.45) is -2.37. The molecule has 1 aliphatic rings. The summed E-state index contributed by atoms with van der Waals surface area (Å²) in [6.45, 7) is 0.457. The van der Waals surface area contributed by atoms with Crippen molar-refractivity contribution in [2.24, 2.45) is 5.73 Å². The molecule has 2 rings (SSSR count). The molecule has 0 bridgehead atoms. The van der Waals surface area contributed by atoms with Crippen molar-refractivity contribution >= 4 is 10.0 Å². The number of rotatable bonds is 3. The number of sulfonamides is 1. The molecule has 21 heavy (non-hydrogen) atoms. The smallest absolute Gasteiger partial charge is 0.329 e. The number of alkyl halides is 3. The highest BCUT2D eigenvalue weighted by molar-refractivity contribution is 7.89. The monoisotopic (exact) mass is 322 g/mol. The predicted octanol–water partition coefficient (Wildman–Crippen LogP) is 2.21. The summed E-state index contributed by atoms with van der Waals surface area (Å²) in [5.74, 6) is 0. The molecular formula is C13H17F3N2O2S. The zero-order chi connectivity index (χ0) is 15.7. The maximum Gasteiger partial charge on any atom is 0.416 e. The molecule has 0 aromatic heterocycles. The van der Waals surface area contributed by atoms with Crippen LogP contribution in [-0.2, 0) is 16.2 Å². The molecule has 1 aromatic carbocycles. The summed E-state index contributed by atoms with van der Waals surface area (Å²) in [6, 6.07) is 3.48. The molecule has 1 unspecified atom stereocenters. The molecule has 0 amide bonds. The summed E-state index contributed by atoms with van der Waals surface area (Å²) >= 11 is 0. The zero-order valence-electron chi connectivity index (χ0n) is 11.3. The molecule has 0 spiro atoms. The van der Waals surface area contributed by atoms with Crippen LogP contribution in [0.25, 0.3) is 0 Å². The lowest BCUT2D eigenvalue weighted by Gasteiger charge is -2.34. The fraction of sp³-hybridized carbons (Fsp3) is 0.538. The molecule has 0 aliphatic carbocycles. The summed E-state index contributed by atoms with van der Waals surface area (Å²) in [7, 11) is -3.95. The van der Waals surface area contributed by atoms with Crippen molar-refractivity contribution in [3.8, 4) is 0 Å². The van der Waals surface area contributed by atoms with E-state index in [0.717, 1.165) is 18.6 Å². The van der Waals surface area contributed by atoms with Gasteiger partial charge in [-0.05, 0) is 31.0 Å². The van der Waals surface area contributed by atoms with Crippen LogP contribution in [0.5, 0.6) is 0 Å². The predicted molar refractivity (Wildman–Crippen MR) is 72.0 cm³/mol. The minimum Gasteiger partial charge on any atom is -0.329 e. The van der Waals surface area contributed by atoms with Crippen LogP contribution in [0.3, 0.4) is 0 Å². The number of hydrogen-bond donors (Lipinski definition) is 1. The Kier molecular flexibility index (Phi) is 4.60. The first-order valence-corrected chi connectivity index (χ1v) is 8.10. The Morgan fingerprint density at radius 3 is 2.62 bits per heavy atom. The Morgan fingerprint density at radius 2 is 2.00 bits per heavy atom. The van der Waals surface area contributed by atoms with E-state index in [-0.39, 0.29) is 17.5 Å². The fourth-order valence-electron chi connectivity index (χ4n) is 2.49. The standard InChI is InChI=1S/C13H17F3N2O2S/c14-13(15,16)10-4-3-6-12(8-10)21(19,20)18-7-2-1-5-11(18)9-17/h3-4,6,8,11H,1-2,5,7,9,17H2. The SMILES string of the molecule is NCC1CCCCN1S(=O)(=O)c1cccc(C(F)(F)F)c1. The van der Waals surface area contributed by atoms with Gasteiger partial charge in [-0.3, -0.25) is 0 Å². The number of nitrogens with two attached hydrogens (primary N) is 1. The highest BCUT2D eigenvalue weighted by Crippen LogP contribution is 2.32. The van der Waals surface area contributed by atoms with Crippen LogP contribution in [0.15, 0.2) is 29.2 Å². The number of piperidine rings is 1. The van der Waals surface area contributed by atoms with Gasteiger partial charge in [0.2, 0.25) is 10.0 Å². The van der Waals surface area contributed by atoms with E-state index in [1.807, 2.05) is 0 Å². The first kappa shape index (κ1) is 16.3. The number of nitrogens with zero attached hydrogens (tertiary/aromatic N) is 1. The maximum absolute atomic E-state index is 12.7. The van der Waals surface area contributed by atoms with Gasteiger partial charge in [-0.2, -0.15) is 17.5 Å². The highest BCUT2D eigenvalue weighted by atomic mass is 32.2. The first-order valence-electron chi connectivity index (χ1n) is 6.66. The topological polar surface area (TPSA) is 63.4 Å². The average Bonchev–Trinajstić information content (AvgIpc) is 2.46. The van der Waals surface area contributed by atoms with Crippen molar-refractivity contribution in [3.05, 3.63) is 29.8 Å². The van der Waals surface area contributed by atoms with Gasteiger partial charge in [-0.25, -0.2) is 8.42 Å². The molecule has 0 radical (unpaired) electrons. The second-order valence-corrected chi connectivity index (χ2v) is 6.92. The van der Waals surface area contributed by atoms with E-state index in [1.54, 1.807) is 0 Å². The zero-order valence-corrected chi connectivity index (χ0v) is 12.1. The van der Waals surface area contributed by atoms with Crippen molar-refractivity contribution in [2.75, 3.05) is 13.1 Å². The van der Waals surface area contributed by atoms with Gasteiger partial charge in [0.1, 0.15) is 0 Å². The summed E-state index contributed by atoms with van der Waals surface area (Å²) in [5, 5.41) is 0. The molecular weight excluding hydrogens is 305 g/mol. The normalized spacial score (nSPS) is 21.4. The number of hydrogen-bond acceptors (Lipinski definition) is 3. The Bertz CT molecular complexity index is 602. The quantitative estimate of drug-likeness (QED) is 0.928. The summed E-state index contributed by atoms with van der Waals surface area (Å²) < 4.78 is 64.4. The maximum atomic E-state index is 12.7. The molecule has 1 atom stereocenters. The number of benzene rings is 1. The lowest BCUT2D eigenvalue weighted by atomic mass is 10.1. The molecule has 4 nitrogen and oxygen atoms in total. The Labute approximate surface area is 121 Å². The van der Waals surface area contributed by atoms with Gasteiger partial charge in [0.25, 0.3) is 0 Å². The van der Waals surface area contributed by atoms with Crippen molar-refractivity contribution in [1.82, 2.24) is 4.31 Å². The molecule has 0 saturated carbocycles.